The van der Waals surface area contributed by atoms with Crippen LogP contribution in [0.4, 0.5) is 5.95 Å². The van der Waals surface area contributed by atoms with Crippen molar-refractivity contribution in [3.8, 4) is 0 Å². The molecule has 0 spiro atoms. The summed E-state index contributed by atoms with van der Waals surface area (Å²) >= 11 is 0. The number of hydrogen-bond donors (Lipinski definition) is 2. The zero-order valence-electron chi connectivity index (χ0n) is 10.6. The molecule has 9 heteroatoms. The van der Waals surface area contributed by atoms with E-state index in [0.29, 0.717) is 11.3 Å². The van der Waals surface area contributed by atoms with E-state index in [9.17, 15) is 13.2 Å². The van der Waals surface area contributed by atoms with Crippen LogP contribution in [-0.4, -0.2) is 35.1 Å². The molecule has 2 rings (SSSR count). The molecule has 2 aromatic heterocycles. The Morgan fingerprint density at radius 1 is 1.40 bits per heavy atom. The van der Waals surface area contributed by atoms with Crippen LogP contribution < -0.4 is 10.5 Å². The average molecular weight is 295 g/mol. The van der Waals surface area contributed by atoms with Crippen LogP contribution in [0.3, 0.4) is 0 Å². The smallest absolute Gasteiger partial charge is 0.264 e. The van der Waals surface area contributed by atoms with E-state index in [1.54, 1.807) is 0 Å². The summed E-state index contributed by atoms with van der Waals surface area (Å²) in [5.74, 6) is -0.273. The summed E-state index contributed by atoms with van der Waals surface area (Å²) in [6, 6.07) is 3.02. The molecule has 8 nitrogen and oxygen atoms in total. The van der Waals surface area contributed by atoms with Gasteiger partial charge < -0.3 is 5.73 Å². The molecular weight excluding hydrogens is 282 g/mol. The van der Waals surface area contributed by atoms with Gasteiger partial charge in [-0.3, -0.25) is 14.3 Å². The fourth-order valence-electron chi connectivity index (χ4n) is 1.54. The summed E-state index contributed by atoms with van der Waals surface area (Å²) in [4.78, 5) is 19.9. The van der Waals surface area contributed by atoms with Crippen molar-refractivity contribution in [1.82, 2.24) is 19.3 Å². The Hall–Kier alpha value is -2.26. The molecule has 0 aliphatic heterocycles. The van der Waals surface area contributed by atoms with Crippen LogP contribution in [0.15, 0.2) is 30.7 Å². The van der Waals surface area contributed by atoms with Crippen LogP contribution in [-0.2, 0) is 16.6 Å². The van der Waals surface area contributed by atoms with Crippen LogP contribution in [0, 0.1) is 0 Å². The standard InChI is InChI=1S/C11H13N5O3S/c1-20(18,19)15-7-9-6-8(2-3-13-9)10(17)16-5-4-14-11(16)12/h2-6,15H,7H2,1H3,(H2,12,14). The number of rotatable bonds is 4. The van der Waals surface area contributed by atoms with Crippen LogP contribution >= 0.6 is 0 Å². The number of pyridine rings is 1. The highest BCUT2D eigenvalue weighted by atomic mass is 32.2. The van der Waals surface area contributed by atoms with Gasteiger partial charge in [0.15, 0.2) is 0 Å². The van der Waals surface area contributed by atoms with Crippen molar-refractivity contribution in [3.63, 3.8) is 0 Å². The van der Waals surface area contributed by atoms with E-state index >= 15 is 0 Å². The normalized spacial score (nSPS) is 11.4. The first-order chi connectivity index (χ1) is 9.37. The fourth-order valence-corrected chi connectivity index (χ4v) is 1.95. The molecule has 2 aromatic rings. The van der Waals surface area contributed by atoms with Crippen molar-refractivity contribution in [3.05, 3.63) is 42.0 Å². The van der Waals surface area contributed by atoms with Crippen LogP contribution in [0.1, 0.15) is 16.1 Å². The lowest BCUT2D eigenvalue weighted by molar-refractivity contribution is 0.0962. The van der Waals surface area contributed by atoms with Gasteiger partial charge in [0, 0.05) is 24.2 Å². The maximum atomic E-state index is 12.2. The van der Waals surface area contributed by atoms with E-state index in [1.807, 2.05) is 0 Å². The van der Waals surface area contributed by atoms with Gasteiger partial charge in [0.2, 0.25) is 16.0 Å². The van der Waals surface area contributed by atoms with Gasteiger partial charge in [-0.2, -0.15) is 0 Å². The minimum Gasteiger partial charge on any atom is -0.369 e. The molecule has 0 aliphatic carbocycles. The highest BCUT2D eigenvalue weighted by molar-refractivity contribution is 7.88. The highest BCUT2D eigenvalue weighted by Gasteiger charge is 2.12. The van der Waals surface area contributed by atoms with Gasteiger partial charge in [0.25, 0.3) is 5.91 Å². The molecule has 2 heterocycles. The molecule has 0 unspecified atom stereocenters. The topological polar surface area (TPSA) is 120 Å². The van der Waals surface area contributed by atoms with Gasteiger partial charge in [0.05, 0.1) is 18.5 Å². The van der Waals surface area contributed by atoms with Crippen molar-refractivity contribution >= 4 is 21.9 Å². The first kappa shape index (κ1) is 14.2. The quantitative estimate of drug-likeness (QED) is 0.791. The van der Waals surface area contributed by atoms with Gasteiger partial charge in [-0.15, -0.1) is 0 Å². The number of imidazole rings is 1. The van der Waals surface area contributed by atoms with Gasteiger partial charge >= 0.3 is 0 Å². The second-order valence-corrected chi connectivity index (χ2v) is 5.92. The molecule has 0 saturated heterocycles. The number of aromatic nitrogens is 3. The lowest BCUT2D eigenvalue weighted by Crippen LogP contribution is -2.22. The predicted octanol–water partition coefficient (Wildman–Crippen LogP) is -0.402. The van der Waals surface area contributed by atoms with Gasteiger partial charge in [0.1, 0.15) is 0 Å². The third-order valence-corrected chi connectivity index (χ3v) is 3.14. The number of nitrogens with zero attached hydrogens (tertiary/aromatic N) is 3. The molecule has 0 atom stereocenters. The van der Waals surface area contributed by atoms with E-state index < -0.39 is 10.0 Å². The Labute approximate surface area is 115 Å². The second kappa shape index (κ2) is 5.39. The Morgan fingerprint density at radius 3 is 2.75 bits per heavy atom. The van der Waals surface area contributed by atoms with E-state index in [1.165, 1.54) is 35.3 Å². The third kappa shape index (κ3) is 3.39. The van der Waals surface area contributed by atoms with E-state index in [2.05, 4.69) is 14.7 Å². The van der Waals surface area contributed by atoms with E-state index in [4.69, 9.17) is 5.73 Å². The molecule has 0 radical (unpaired) electrons. The fraction of sp³-hybridized carbons (Fsp3) is 0.182. The summed E-state index contributed by atoms with van der Waals surface area (Å²) in [6.07, 6.45) is 5.35. The molecule has 3 N–H and O–H groups in total. The van der Waals surface area contributed by atoms with Gasteiger partial charge in [-0.05, 0) is 12.1 Å². The van der Waals surface area contributed by atoms with Crippen LogP contribution in [0.5, 0.6) is 0 Å². The molecular formula is C11H13N5O3S. The van der Waals surface area contributed by atoms with Crippen molar-refractivity contribution in [2.45, 2.75) is 6.54 Å². The molecule has 0 aliphatic rings. The SMILES string of the molecule is CS(=O)(=O)NCc1cc(C(=O)n2ccnc2N)ccn1. The number of nitrogens with two attached hydrogens (primary N) is 1. The number of nitrogens with one attached hydrogen (secondary N) is 1. The van der Waals surface area contributed by atoms with E-state index in [0.717, 1.165) is 6.26 Å². The summed E-state index contributed by atoms with van der Waals surface area (Å²) in [7, 11) is -3.32. The Kier molecular flexibility index (Phi) is 3.81. The zero-order chi connectivity index (χ0) is 14.8. The van der Waals surface area contributed by atoms with E-state index in [-0.39, 0.29) is 18.4 Å². The second-order valence-electron chi connectivity index (χ2n) is 4.09. The third-order valence-electron chi connectivity index (χ3n) is 2.47. The minimum atomic E-state index is -3.32. The summed E-state index contributed by atoms with van der Waals surface area (Å²) in [5.41, 5.74) is 6.33. The monoisotopic (exact) mass is 295 g/mol. The maximum absolute atomic E-state index is 12.2. The van der Waals surface area contributed by atoms with Crippen molar-refractivity contribution in [2.24, 2.45) is 0 Å². The summed E-state index contributed by atoms with van der Waals surface area (Å²) in [5, 5.41) is 0. The first-order valence-electron chi connectivity index (χ1n) is 5.60. The van der Waals surface area contributed by atoms with Crippen LogP contribution in [0.2, 0.25) is 0 Å². The van der Waals surface area contributed by atoms with Crippen LogP contribution in [0.25, 0.3) is 0 Å². The molecule has 0 amide bonds. The molecule has 0 fully saturated rings. The summed E-state index contributed by atoms with van der Waals surface area (Å²) < 4.78 is 25.5. The minimum absolute atomic E-state index is 0.0133. The first-order valence-corrected chi connectivity index (χ1v) is 7.49. The summed E-state index contributed by atoms with van der Waals surface area (Å²) in [6.45, 7) is 0.0133. The largest absolute Gasteiger partial charge is 0.369 e. The average Bonchev–Trinajstić information content (AvgIpc) is 2.81. The predicted molar refractivity (Wildman–Crippen MR) is 72.3 cm³/mol. The number of nitrogen functional groups attached to an aromatic ring is 1. The maximum Gasteiger partial charge on any atom is 0.264 e. The van der Waals surface area contributed by atoms with Crippen molar-refractivity contribution in [2.75, 3.05) is 12.0 Å². The number of sulfonamides is 1. The molecule has 0 aromatic carbocycles. The Morgan fingerprint density at radius 2 is 2.15 bits per heavy atom. The Bertz CT molecular complexity index is 738. The van der Waals surface area contributed by atoms with Gasteiger partial charge in [-0.1, -0.05) is 0 Å². The lowest BCUT2D eigenvalue weighted by Gasteiger charge is -2.06. The number of anilines is 1. The zero-order valence-corrected chi connectivity index (χ0v) is 11.5. The number of carbonyl (C=O) groups excluding carboxylic acids is 1. The molecule has 0 bridgehead atoms. The molecule has 0 saturated carbocycles. The molecule has 106 valence electrons. The van der Waals surface area contributed by atoms with Crippen molar-refractivity contribution in [1.29, 1.82) is 0 Å². The lowest BCUT2D eigenvalue weighted by atomic mass is 10.2. The Balaban J connectivity index is 2.22. The van der Waals surface area contributed by atoms with Gasteiger partial charge in [-0.25, -0.2) is 18.1 Å². The highest BCUT2D eigenvalue weighted by Crippen LogP contribution is 2.08. The van der Waals surface area contributed by atoms with Crippen molar-refractivity contribution < 1.29 is 13.2 Å². The number of hydrogen-bond acceptors (Lipinski definition) is 6. The molecule has 20 heavy (non-hydrogen) atoms. The number of carbonyl (C=O) groups is 1.